The summed E-state index contributed by atoms with van der Waals surface area (Å²) in [5.41, 5.74) is -0.503. The minimum absolute atomic E-state index is 0.0696. The van der Waals surface area contributed by atoms with E-state index in [1.165, 1.54) is 13.1 Å². The Morgan fingerprint density at radius 3 is 2.87 bits per heavy atom. The molecule has 15 heavy (non-hydrogen) atoms. The molecular formula is C8H8Cl2N2O3. The minimum atomic E-state index is -0.503. The summed E-state index contributed by atoms with van der Waals surface area (Å²) < 4.78 is 5.74. The van der Waals surface area contributed by atoms with Gasteiger partial charge in [-0.15, -0.1) is 0 Å². The average molecular weight is 251 g/mol. The topological polar surface area (TPSA) is 61.2 Å². The molecule has 0 aliphatic carbocycles. The maximum Gasteiger partial charge on any atom is 0.302 e. The SMILES string of the molecule is CC(=O)OCCn1ncc(Cl)c(Cl)c1=O. The molecule has 0 aliphatic heterocycles. The van der Waals surface area contributed by atoms with E-state index in [-0.39, 0.29) is 23.2 Å². The summed E-state index contributed by atoms with van der Waals surface area (Å²) in [6.45, 7) is 1.50. The number of hydrogen-bond donors (Lipinski definition) is 0. The molecule has 0 amide bonds. The number of nitrogens with zero attached hydrogens (tertiary/aromatic N) is 2. The van der Waals surface area contributed by atoms with Crippen molar-refractivity contribution in [2.75, 3.05) is 6.61 Å². The van der Waals surface area contributed by atoms with E-state index in [9.17, 15) is 9.59 Å². The van der Waals surface area contributed by atoms with Crippen molar-refractivity contribution >= 4 is 29.2 Å². The first-order valence-electron chi connectivity index (χ1n) is 4.07. The fraction of sp³-hybridized carbons (Fsp3) is 0.375. The summed E-state index contributed by atoms with van der Waals surface area (Å²) in [4.78, 5) is 21.9. The molecule has 0 spiro atoms. The van der Waals surface area contributed by atoms with E-state index in [2.05, 4.69) is 9.84 Å². The van der Waals surface area contributed by atoms with Crippen LogP contribution >= 0.6 is 23.2 Å². The summed E-state index contributed by atoms with van der Waals surface area (Å²) in [5.74, 6) is -0.414. The van der Waals surface area contributed by atoms with Crippen LogP contribution in [0.3, 0.4) is 0 Å². The van der Waals surface area contributed by atoms with Gasteiger partial charge in [0.1, 0.15) is 11.6 Å². The first-order chi connectivity index (χ1) is 7.02. The van der Waals surface area contributed by atoms with Crippen LogP contribution in [0.2, 0.25) is 10.0 Å². The van der Waals surface area contributed by atoms with Crippen molar-refractivity contribution in [3.05, 3.63) is 26.6 Å². The number of esters is 1. The summed E-state index contributed by atoms with van der Waals surface area (Å²) >= 11 is 11.2. The zero-order valence-corrected chi connectivity index (χ0v) is 9.38. The zero-order chi connectivity index (χ0) is 11.4. The van der Waals surface area contributed by atoms with Gasteiger partial charge in [-0.25, -0.2) is 4.68 Å². The predicted octanol–water partition coefficient (Wildman–Crippen LogP) is 1.11. The van der Waals surface area contributed by atoms with Crippen LogP contribution in [0.5, 0.6) is 0 Å². The van der Waals surface area contributed by atoms with Gasteiger partial charge in [-0.05, 0) is 0 Å². The quantitative estimate of drug-likeness (QED) is 0.755. The molecule has 0 aliphatic rings. The van der Waals surface area contributed by atoms with Crippen LogP contribution < -0.4 is 5.56 Å². The number of aromatic nitrogens is 2. The maximum atomic E-state index is 11.4. The van der Waals surface area contributed by atoms with Gasteiger partial charge in [-0.3, -0.25) is 9.59 Å². The molecule has 1 heterocycles. The average Bonchev–Trinajstić information content (AvgIpc) is 2.18. The van der Waals surface area contributed by atoms with E-state index in [0.29, 0.717) is 0 Å². The van der Waals surface area contributed by atoms with Gasteiger partial charge in [-0.1, -0.05) is 23.2 Å². The molecule has 0 radical (unpaired) electrons. The van der Waals surface area contributed by atoms with Crippen molar-refractivity contribution in [1.82, 2.24) is 9.78 Å². The fourth-order valence-electron chi connectivity index (χ4n) is 0.880. The molecule has 0 bridgehead atoms. The summed E-state index contributed by atoms with van der Waals surface area (Å²) in [7, 11) is 0. The molecule has 0 atom stereocenters. The lowest BCUT2D eigenvalue weighted by Gasteiger charge is -2.05. The van der Waals surface area contributed by atoms with E-state index < -0.39 is 11.5 Å². The van der Waals surface area contributed by atoms with Gasteiger partial charge in [-0.2, -0.15) is 5.10 Å². The molecule has 1 aromatic rings. The van der Waals surface area contributed by atoms with Crippen LogP contribution in [-0.4, -0.2) is 22.4 Å². The van der Waals surface area contributed by atoms with Gasteiger partial charge in [0, 0.05) is 6.92 Å². The number of rotatable bonds is 3. The van der Waals surface area contributed by atoms with Crippen LogP contribution in [-0.2, 0) is 16.1 Å². The summed E-state index contributed by atoms with van der Waals surface area (Å²) in [5, 5.41) is 3.75. The predicted molar refractivity (Wildman–Crippen MR) is 55.2 cm³/mol. The highest BCUT2D eigenvalue weighted by Gasteiger charge is 2.07. The van der Waals surface area contributed by atoms with E-state index in [4.69, 9.17) is 23.2 Å². The van der Waals surface area contributed by atoms with Crippen molar-refractivity contribution in [1.29, 1.82) is 0 Å². The van der Waals surface area contributed by atoms with E-state index in [1.807, 2.05) is 0 Å². The summed E-state index contributed by atoms with van der Waals surface area (Å²) in [6.07, 6.45) is 1.26. The molecule has 5 nitrogen and oxygen atoms in total. The Kier molecular flexibility index (Phi) is 4.11. The van der Waals surface area contributed by atoms with Crippen molar-refractivity contribution in [2.45, 2.75) is 13.5 Å². The van der Waals surface area contributed by atoms with Gasteiger partial charge < -0.3 is 4.74 Å². The van der Waals surface area contributed by atoms with Crippen LogP contribution in [0.15, 0.2) is 11.0 Å². The third-order valence-electron chi connectivity index (χ3n) is 1.55. The van der Waals surface area contributed by atoms with Crippen LogP contribution in [0.1, 0.15) is 6.92 Å². The van der Waals surface area contributed by atoms with Crippen LogP contribution in [0.4, 0.5) is 0 Å². The highest BCUT2D eigenvalue weighted by molar-refractivity contribution is 6.41. The lowest BCUT2D eigenvalue weighted by Crippen LogP contribution is -2.25. The van der Waals surface area contributed by atoms with E-state index in [0.717, 1.165) is 4.68 Å². The zero-order valence-electron chi connectivity index (χ0n) is 7.87. The van der Waals surface area contributed by atoms with Gasteiger partial charge >= 0.3 is 5.97 Å². The Morgan fingerprint density at radius 1 is 1.60 bits per heavy atom. The van der Waals surface area contributed by atoms with E-state index >= 15 is 0 Å². The first kappa shape index (κ1) is 12.0. The van der Waals surface area contributed by atoms with Crippen molar-refractivity contribution in [3.8, 4) is 0 Å². The molecule has 1 aromatic heterocycles. The van der Waals surface area contributed by atoms with Crippen molar-refractivity contribution in [3.63, 3.8) is 0 Å². The first-order valence-corrected chi connectivity index (χ1v) is 4.82. The molecule has 0 saturated carbocycles. The summed E-state index contributed by atoms with van der Waals surface area (Å²) in [6, 6.07) is 0. The third kappa shape index (κ3) is 3.21. The smallest absolute Gasteiger partial charge is 0.302 e. The van der Waals surface area contributed by atoms with Gasteiger partial charge in [0.05, 0.1) is 17.8 Å². The van der Waals surface area contributed by atoms with Crippen molar-refractivity contribution in [2.24, 2.45) is 0 Å². The second-order valence-corrected chi connectivity index (χ2v) is 3.46. The monoisotopic (exact) mass is 250 g/mol. The largest absolute Gasteiger partial charge is 0.464 e. The van der Waals surface area contributed by atoms with Gasteiger partial charge in [0.25, 0.3) is 5.56 Å². The fourth-order valence-corrected chi connectivity index (χ4v) is 1.15. The Balaban J connectivity index is 2.75. The molecule has 7 heteroatoms. The lowest BCUT2D eigenvalue weighted by atomic mass is 10.5. The highest BCUT2D eigenvalue weighted by Crippen LogP contribution is 2.14. The van der Waals surface area contributed by atoms with Crippen molar-refractivity contribution < 1.29 is 9.53 Å². The highest BCUT2D eigenvalue weighted by atomic mass is 35.5. The Bertz CT molecular complexity index is 430. The lowest BCUT2D eigenvalue weighted by molar-refractivity contribution is -0.141. The molecular weight excluding hydrogens is 243 g/mol. The van der Waals surface area contributed by atoms with Gasteiger partial charge in [0.2, 0.25) is 0 Å². The molecule has 82 valence electrons. The van der Waals surface area contributed by atoms with Crippen LogP contribution in [0.25, 0.3) is 0 Å². The second kappa shape index (κ2) is 5.14. The molecule has 1 rings (SSSR count). The molecule has 0 fully saturated rings. The van der Waals surface area contributed by atoms with Crippen LogP contribution in [0, 0.1) is 0 Å². The normalized spacial score (nSPS) is 10.1. The molecule has 0 N–H and O–H groups in total. The number of ether oxygens (including phenoxy) is 1. The third-order valence-corrected chi connectivity index (χ3v) is 2.30. The Labute approximate surface area is 95.6 Å². The molecule has 0 aromatic carbocycles. The minimum Gasteiger partial charge on any atom is -0.464 e. The number of carbonyl (C=O) groups is 1. The second-order valence-electron chi connectivity index (χ2n) is 2.67. The molecule has 0 saturated heterocycles. The maximum absolute atomic E-state index is 11.4. The number of halogens is 2. The standard InChI is InChI=1S/C8H8Cl2N2O3/c1-5(13)15-3-2-12-8(14)7(10)6(9)4-11-12/h4H,2-3H2,1H3. The number of hydrogen-bond acceptors (Lipinski definition) is 4. The Hall–Kier alpha value is -1.07. The number of carbonyl (C=O) groups excluding carboxylic acids is 1. The molecule has 0 unspecified atom stereocenters. The van der Waals surface area contributed by atoms with E-state index in [1.54, 1.807) is 0 Å². The Morgan fingerprint density at radius 2 is 2.27 bits per heavy atom. The van der Waals surface area contributed by atoms with Gasteiger partial charge in [0.15, 0.2) is 0 Å².